The summed E-state index contributed by atoms with van der Waals surface area (Å²) in [5, 5.41) is 2.92. The van der Waals surface area contributed by atoms with Gasteiger partial charge in [0.25, 0.3) is 5.91 Å². The summed E-state index contributed by atoms with van der Waals surface area (Å²) in [7, 11) is 0. The first-order valence-corrected chi connectivity index (χ1v) is 5.21. The Morgan fingerprint density at radius 2 is 2.13 bits per heavy atom. The molecule has 1 fully saturated rings. The third kappa shape index (κ3) is 2.18. The van der Waals surface area contributed by atoms with Crippen LogP contribution in [-0.4, -0.2) is 18.0 Å². The van der Waals surface area contributed by atoms with E-state index in [2.05, 4.69) is 5.32 Å². The zero-order valence-corrected chi connectivity index (χ0v) is 9.08. The molecular formula is C12H16N2O. The summed E-state index contributed by atoms with van der Waals surface area (Å²) in [6.07, 6.45) is 0.899. The second-order valence-corrected chi connectivity index (χ2v) is 4.30. The highest BCUT2D eigenvalue weighted by Gasteiger charge is 2.34. The van der Waals surface area contributed by atoms with E-state index in [1.54, 1.807) is 0 Å². The van der Waals surface area contributed by atoms with Gasteiger partial charge in [0.15, 0.2) is 0 Å². The molecule has 3 nitrogen and oxygen atoms in total. The van der Waals surface area contributed by atoms with E-state index < -0.39 is 0 Å². The minimum Gasteiger partial charge on any atom is -0.348 e. The third-order valence-corrected chi connectivity index (χ3v) is 2.78. The Labute approximate surface area is 89.7 Å². The molecule has 2 atom stereocenters. The fraction of sp³-hybridized carbons (Fsp3) is 0.417. The van der Waals surface area contributed by atoms with Gasteiger partial charge < -0.3 is 11.1 Å². The molecule has 1 aromatic rings. The molecule has 2 rings (SSSR count). The normalized spacial score (nSPS) is 23.7. The lowest BCUT2D eigenvalue weighted by atomic mass is 10.1. The van der Waals surface area contributed by atoms with Gasteiger partial charge in [0, 0.05) is 17.6 Å². The van der Waals surface area contributed by atoms with Crippen LogP contribution in [0.15, 0.2) is 18.2 Å². The van der Waals surface area contributed by atoms with Crippen molar-refractivity contribution in [2.24, 2.45) is 5.73 Å². The summed E-state index contributed by atoms with van der Waals surface area (Å²) < 4.78 is 0. The predicted octanol–water partition coefficient (Wildman–Crippen LogP) is 1.13. The van der Waals surface area contributed by atoms with Crippen molar-refractivity contribution in [1.82, 2.24) is 5.32 Å². The van der Waals surface area contributed by atoms with Crippen molar-refractivity contribution in [2.45, 2.75) is 32.4 Å². The van der Waals surface area contributed by atoms with Crippen molar-refractivity contribution in [3.63, 3.8) is 0 Å². The number of hydrogen-bond donors (Lipinski definition) is 2. The molecule has 1 aliphatic rings. The van der Waals surface area contributed by atoms with Crippen LogP contribution in [0.1, 0.15) is 27.9 Å². The van der Waals surface area contributed by atoms with Crippen molar-refractivity contribution in [3.8, 4) is 0 Å². The van der Waals surface area contributed by atoms with Gasteiger partial charge in [-0.05, 0) is 31.9 Å². The third-order valence-electron chi connectivity index (χ3n) is 2.78. The molecule has 2 unspecified atom stereocenters. The smallest absolute Gasteiger partial charge is 0.251 e. The average molecular weight is 204 g/mol. The van der Waals surface area contributed by atoms with E-state index in [-0.39, 0.29) is 18.0 Å². The van der Waals surface area contributed by atoms with E-state index >= 15 is 0 Å². The Morgan fingerprint density at radius 3 is 2.67 bits per heavy atom. The lowest BCUT2D eigenvalue weighted by molar-refractivity contribution is 0.0949. The monoisotopic (exact) mass is 204 g/mol. The quantitative estimate of drug-likeness (QED) is 0.758. The van der Waals surface area contributed by atoms with Gasteiger partial charge in [-0.1, -0.05) is 17.7 Å². The molecule has 0 aliphatic heterocycles. The van der Waals surface area contributed by atoms with Gasteiger partial charge in [0.2, 0.25) is 0 Å². The number of rotatable bonds is 2. The van der Waals surface area contributed by atoms with Crippen molar-refractivity contribution in [2.75, 3.05) is 0 Å². The zero-order valence-electron chi connectivity index (χ0n) is 9.08. The number of benzene rings is 1. The molecule has 15 heavy (non-hydrogen) atoms. The topological polar surface area (TPSA) is 55.1 Å². The molecule has 3 heteroatoms. The Kier molecular flexibility index (Phi) is 2.49. The Hall–Kier alpha value is -1.35. The molecule has 3 N–H and O–H groups in total. The van der Waals surface area contributed by atoms with Crippen molar-refractivity contribution in [3.05, 3.63) is 34.9 Å². The number of amides is 1. The van der Waals surface area contributed by atoms with Gasteiger partial charge in [-0.15, -0.1) is 0 Å². The molecule has 0 heterocycles. The predicted molar refractivity (Wildman–Crippen MR) is 59.8 cm³/mol. The maximum absolute atomic E-state index is 11.8. The van der Waals surface area contributed by atoms with E-state index in [0.29, 0.717) is 0 Å². The minimum atomic E-state index is -0.00884. The number of nitrogens with two attached hydrogens (primary N) is 1. The molecule has 0 radical (unpaired) electrons. The lowest BCUT2D eigenvalue weighted by Crippen LogP contribution is -2.30. The molecular weight excluding hydrogens is 188 g/mol. The number of aryl methyl sites for hydroxylation is 2. The molecule has 80 valence electrons. The van der Waals surface area contributed by atoms with E-state index in [1.165, 1.54) is 5.56 Å². The molecule has 1 aliphatic carbocycles. The molecule has 0 aromatic heterocycles. The maximum Gasteiger partial charge on any atom is 0.251 e. The largest absolute Gasteiger partial charge is 0.348 e. The summed E-state index contributed by atoms with van der Waals surface area (Å²) in [6.45, 7) is 3.97. The number of nitrogens with one attached hydrogen (secondary N) is 1. The van der Waals surface area contributed by atoms with Crippen LogP contribution in [0, 0.1) is 13.8 Å². The van der Waals surface area contributed by atoms with E-state index in [0.717, 1.165) is 17.5 Å². The summed E-state index contributed by atoms with van der Waals surface area (Å²) in [5.41, 5.74) is 8.58. The standard InChI is InChI=1S/C12H16N2O/c1-7-3-4-9(8(2)5-7)12(15)14-11-6-10(11)13/h3-5,10-11H,6,13H2,1-2H3,(H,14,15). The molecule has 1 aromatic carbocycles. The Morgan fingerprint density at radius 1 is 1.47 bits per heavy atom. The average Bonchev–Trinajstić information content (AvgIpc) is 2.81. The number of hydrogen-bond acceptors (Lipinski definition) is 2. The van der Waals surface area contributed by atoms with Gasteiger partial charge in [-0.3, -0.25) is 4.79 Å². The minimum absolute atomic E-state index is 0.00884. The van der Waals surface area contributed by atoms with Crippen LogP contribution in [0.2, 0.25) is 0 Å². The first kappa shape index (κ1) is 10.2. The second-order valence-electron chi connectivity index (χ2n) is 4.30. The number of carbonyl (C=O) groups excluding carboxylic acids is 1. The summed E-state index contributed by atoms with van der Waals surface area (Å²) in [6, 6.07) is 6.17. The van der Waals surface area contributed by atoms with Crippen molar-refractivity contribution < 1.29 is 4.79 Å². The van der Waals surface area contributed by atoms with Gasteiger partial charge >= 0.3 is 0 Å². The van der Waals surface area contributed by atoms with E-state index in [9.17, 15) is 4.79 Å². The number of carbonyl (C=O) groups is 1. The fourth-order valence-corrected chi connectivity index (χ4v) is 1.70. The van der Waals surface area contributed by atoms with E-state index in [4.69, 9.17) is 5.73 Å². The SMILES string of the molecule is Cc1ccc(C(=O)NC2CC2N)c(C)c1. The summed E-state index contributed by atoms with van der Waals surface area (Å²) in [4.78, 5) is 11.8. The van der Waals surface area contributed by atoms with Crippen molar-refractivity contribution >= 4 is 5.91 Å². The van der Waals surface area contributed by atoms with Crippen molar-refractivity contribution in [1.29, 1.82) is 0 Å². The van der Waals surface area contributed by atoms with E-state index in [1.807, 2.05) is 32.0 Å². The highest BCUT2D eigenvalue weighted by atomic mass is 16.1. The van der Waals surface area contributed by atoms with Crippen LogP contribution in [0.3, 0.4) is 0 Å². The van der Waals surface area contributed by atoms with Crippen LogP contribution < -0.4 is 11.1 Å². The Bertz CT molecular complexity index is 401. The highest BCUT2D eigenvalue weighted by Crippen LogP contribution is 2.19. The van der Waals surface area contributed by atoms with Crippen LogP contribution in [-0.2, 0) is 0 Å². The second kappa shape index (κ2) is 3.66. The first-order valence-electron chi connectivity index (χ1n) is 5.21. The summed E-state index contributed by atoms with van der Waals surface area (Å²) in [5.74, 6) is -0.00884. The lowest BCUT2D eigenvalue weighted by Gasteiger charge is -2.07. The van der Waals surface area contributed by atoms with Gasteiger partial charge in [-0.25, -0.2) is 0 Å². The molecule has 1 amide bonds. The van der Waals surface area contributed by atoms with Gasteiger partial charge in [-0.2, -0.15) is 0 Å². The van der Waals surface area contributed by atoms with Crippen LogP contribution in [0.5, 0.6) is 0 Å². The first-order chi connectivity index (χ1) is 7.08. The summed E-state index contributed by atoms with van der Waals surface area (Å²) >= 11 is 0. The molecule has 0 bridgehead atoms. The van der Waals surface area contributed by atoms with Gasteiger partial charge in [0.1, 0.15) is 0 Å². The fourth-order valence-electron chi connectivity index (χ4n) is 1.70. The highest BCUT2D eigenvalue weighted by molar-refractivity contribution is 5.96. The molecule has 0 saturated heterocycles. The van der Waals surface area contributed by atoms with Crippen LogP contribution in [0.25, 0.3) is 0 Å². The van der Waals surface area contributed by atoms with Crippen LogP contribution >= 0.6 is 0 Å². The van der Waals surface area contributed by atoms with Crippen LogP contribution in [0.4, 0.5) is 0 Å². The zero-order chi connectivity index (χ0) is 11.0. The Balaban J connectivity index is 2.11. The molecule has 1 saturated carbocycles. The maximum atomic E-state index is 11.8. The molecule has 0 spiro atoms. The van der Waals surface area contributed by atoms with Gasteiger partial charge in [0.05, 0.1) is 0 Å².